The van der Waals surface area contributed by atoms with E-state index in [0.717, 1.165) is 0 Å². The van der Waals surface area contributed by atoms with E-state index in [-0.39, 0.29) is 30.5 Å². The van der Waals surface area contributed by atoms with Crippen LogP contribution < -0.4 is 9.47 Å². The predicted molar refractivity (Wildman–Crippen MR) is 79.6 cm³/mol. The molecule has 0 unspecified atom stereocenters. The summed E-state index contributed by atoms with van der Waals surface area (Å²) in [6.07, 6.45) is 0.797. The summed E-state index contributed by atoms with van der Waals surface area (Å²) < 4.78 is 15.1. The third-order valence-corrected chi connectivity index (χ3v) is 3.25. The Labute approximate surface area is 129 Å². The second kappa shape index (κ2) is 8.52. The van der Waals surface area contributed by atoms with Crippen molar-refractivity contribution in [3.8, 4) is 11.5 Å². The van der Waals surface area contributed by atoms with Gasteiger partial charge in [-0.15, -0.1) is 11.6 Å². The average molecular weight is 315 g/mol. The number of Topliss-reactive ketones (excluding diaryl/α,β-unsaturated/α-hetero) is 1. The Morgan fingerprint density at radius 3 is 2.19 bits per heavy atom. The van der Waals surface area contributed by atoms with Crippen molar-refractivity contribution in [3.63, 3.8) is 0 Å². The summed E-state index contributed by atoms with van der Waals surface area (Å²) in [5.74, 6) is 0.798. The molecule has 0 saturated heterocycles. The first-order valence-corrected chi connectivity index (χ1v) is 7.01. The highest BCUT2D eigenvalue weighted by atomic mass is 35.5. The topological polar surface area (TPSA) is 61.8 Å². The van der Waals surface area contributed by atoms with E-state index in [4.69, 9.17) is 21.1 Å². The van der Waals surface area contributed by atoms with Gasteiger partial charge in [0.25, 0.3) is 0 Å². The number of carbonyl (C=O) groups is 2. The fraction of sp³-hybridized carbons (Fsp3) is 0.467. The van der Waals surface area contributed by atoms with Crippen LogP contribution in [-0.2, 0) is 16.0 Å². The van der Waals surface area contributed by atoms with Crippen molar-refractivity contribution in [1.29, 1.82) is 0 Å². The van der Waals surface area contributed by atoms with Crippen molar-refractivity contribution in [2.45, 2.75) is 19.3 Å². The first-order chi connectivity index (χ1) is 10.1. The van der Waals surface area contributed by atoms with Crippen molar-refractivity contribution in [3.05, 3.63) is 23.3 Å². The van der Waals surface area contributed by atoms with Crippen LogP contribution in [0.1, 0.15) is 28.8 Å². The van der Waals surface area contributed by atoms with Crippen LogP contribution in [0, 0.1) is 0 Å². The van der Waals surface area contributed by atoms with Gasteiger partial charge in [-0.1, -0.05) is 0 Å². The molecular weight excluding hydrogens is 296 g/mol. The molecule has 0 aliphatic carbocycles. The molecule has 21 heavy (non-hydrogen) atoms. The monoisotopic (exact) mass is 314 g/mol. The van der Waals surface area contributed by atoms with Crippen LogP contribution in [0.4, 0.5) is 0 Å². The molecule has 0 radical (unpaired) electrons. The second-order valence-corrected chi connectivity index (χ2v) is 4.68. The van der Waals surface area contributed by atoms with Gasteiger partial charge >= 0.3 is 5.97 Å². The molecule has 0 bridgehead atoms. The van der Waals surface area contributed by atoms with Crippen LogP contribution >= 0.6 is 11.6 Å². The molecule has 0 heterocycles. The number of ether oxygens (including phenoxy) is 3. The van der Waals surface area contributed by atoms with Crippen molar-refractivity contribution < 1.29 is 23.8 Å². The van der Waals surface area contributed by atoms with Crippen molar-refractivity contribution in [2.24, 2.45) is 0 Å². The fourth-order valence-corrected chi connectivity index (χ4v) is 2.12. The predicted octanol–water partition coefficient (Wildman–Crippen LogP) is 2.62. The number of halogens is 1. The van der Waals surface area contributed by atoms with Gasteiger partial charge in [0.15, 0.2) is 17.3 Å². The van der Waals surface area contributed by atoms with Crippen LogP contribution in [-0.4, -0.2) is 39.0 Å². The number of esters is 1. The van der Waals surface area contributed by atoms with E-state index in [9.17, 15) is 9.59 Å². The summed E-state index contributed by atoms with van der Waals surface area (Å²) in [6.45, 7) is 0. The number of carbonyl (C=O) groups excluding carboxylic acids is 2. The Morgan fingerprint density at radius 2 is 1.67 bits per heavy atom. The Balaban J connectivity index is 3.16. The first-order valence-electron chi connectivity index (χ1n) is 6.48. The number of methoxy groups -OCH3 is 3. The zero-order valence-electron chi connectivity index (χ0n) is 12.4. The molecule has 0 atom stereocenters. The smallest absolute Gasteiger partial charge is 0.305 e. The van der Waals surface area contributed by atoms with Gasteiger partial charge in [-0.05, 0) is 24.1 Å². The Bertz CT molecular complexity index is 513. The molecule has 0 spiro atoms. The molecule has 116 valence electrons. The summed E-state index contributed by atoms with van der Waals surface area (Å²) >= 11 is 5.63. The molecule has 0 amide bonds. The van der Waals surface area contributed by atoms with Gasteiger partial charge < -0.3 is 14.2 Å². The minimum atomic E-state index is -0.333. The maximum Gasteiger partial charge on any atom is 0.305 e. The number of benzene rings is 1. The number of hydrogen-bond acceptors (Lipinski definition) is 5. The zero-order valence-corrected chi connectivity index (χ0v) is 13.2. The van der Waals surface area contributed by atoms with Gasteiger partial charge in [-0.25, -0.2) is 0 Å². The first kappa shape index (κ1) is 17.3. The van der Waals surface area contributed by atoms with Crippen molar-refractivity contribution >= 4 is 23.4 Å². The van der Waals surface area contributed by atoms with Crippen molar-refractivity contribution in [2.75, 3.05) is 27.2 Å². The summed E-state index contributed by atoms with van der Waals surface area (Å²) in [7, 11) is 4.35. The van der Waals surface area contributed by atoms with E-state index in [2.05, 4.69) is 4.74 Å². The van der Waals surface area contributed by atoms with Crippen LogP contribution in [0.2, 0.25) is 0 Å². The highest BCUT2D eigenvalue weighted by molar-refractivity contribution is 6.19. The Kier molecular flexibility index (Phi) is 7.02. The third kappa shape index (κ3) is 4.63. The van der Waals surface area contributed by atoms with E-state index >= 15 is 0 Å². The molecule has 1 aromatic rings. The van der Waals surface area contributed by atoms with Crippen LogP contribution in [0.3, 0.4) is 0 Å². The van der Waals surface area contributed by atoms with Gasteiger partial charge in [0.2, 0.25) is 0 Å². The summed E-state index contributed by atoms with van der Waals surface area (Å²) in [6, 6.07) is 3.34. The van der Waals surface area contributed by atoms with E-state index in [1.807, 2.05) is 0 Å². The lowest BCUT2D eigenvalue weighted by Crippen LogP contribution is -2.09. The number of aryl methyl sites for hydroxylation is 1. The highest BCUT2D eigenvalue weighted by Crippen LogP contribution is 2.32. The maximum absolute atomic E-state index is 12.2. The minimum absolute atomic E-state index is 0.0918. The molecule has 0 N–H and O–H groups in total. The molecule has 0 fully saturated rings. The fourth-order valence-electron chi connectivity index (χ4n) is 1.95. The Morgan fingerprint density at radius 1 is 1.05 bits per heavy atom. The molecular formula is C15H19ClO5. The lowest BCUT2D eigenvalue weighted by atomic mass is 9.97. The molecule has 6 heteroatoms. The second-order valence-electron chi connectivity index (χ2n) is 4.30. The maximum atomic E-state index is 12.2. The third-order valence-electron chi connectivity index (χ3n) is 3.06. The average Bonchev–Trinajstić information content (AvgIpc) is 2.51. The molecule has 5 nitrogen and oxygen atoms in total. The van der Waals surface area contributed by atoms with Gasteiger partial charge in [0.1, 0.15) is 0 Å². The molecule has 0 aliphatic rings. The van der Waals surface area contributed by atoms with E-state index in [0.29, 0.717) is 29.0 Å². The van der Waals surface area contributed by atoms with E-state index in [1.54, 1.807) is 12.1 Å². The number of alkyl halides is 1. The van der Waals surface area contributed by atoms with Gasteiger partial charge in [-0.2, -0.15) is 0 Å². The van der Waals surface area contributed by atoms with Gasteiger partial charge in [-0.3, -0.25) is 9.59 Å². The SMILES string of the molecule is COC(=O)CCc1cc(OC)c(OC)cc1C(=O)CCCl. The van der Waals surface area contributed by atoms with Gasteiger partial charge in [0.05, 0.1) is 21.3 Å². The van der Waals surface area contributed by atoms with E-state index in [1.165, 1.54) is 21.3 Å². The van der Waals surface area contributed by atoms with E-state index < -0.39 is 0 Å². The lowest BCUT2D eigenvalue weighted by Gasteiger charge is -2.14. The summed E-state index contributed by atoms with van der Waals surface area (Å²) in [5.41, 5.74) is 1.21. The van der Waals surface area contributed by atoms with Crippen molar-refractivity contribution in [1.82, 2.24) is 0 Å². The number of rotatable bonds is 8. The van der Waals surface area contributed by atoms with Crippen LogP contribution in [0.15, 0.2) is 12.1 Å². The highest BCUT2D eigenvalue weighted by Gasteiger charge is 2.17. The molecule has 1 rings (SSSR count). The summed E-state index contributed by atoms with van der Waals surface area (Å²) in [5, 5.41) is 0. The standard InChI is InChI=1S/C15H19ClO5/c1-19-13-8-10(4-5-15(18)21-3)11(9-14(13)20-2)12(17)6-7-16/h8-9H,4-7H2,1-3H3. The minimum Gasteiger partial charge on any atom is -0.493 e. The number of hydrogen-bond donors (Lipinski definition) is 0. The Hall–Kier alpha value is -1.75. The van der Waals surface area contributed by atoms with Crippen LogP contribution in [0.5, 0.6) is 11.5 Å². The largest absolute Gasteiger partial charge is 0.493 e. The van der Waals surface area contributed by atoms with Gasteiger partial charge in [0, 0.05) is 24.3 Å². The summed E-state index contributed by atoms with van der Waals surface area (Å²) in [4.78, 5) is 23.4. The molecule has 1 aromatic carbocycles. The quantitative estimate of drug-likeness (QED) is 0.419. The zero-order chi connectivity index (χ0) is 15.8. The number of ketones is 1. The molecule has 0 aromatic heterocycles. The normalized spacial score (nSPS) is 10.1. The molecule has 0 aliphatic heterocycles. The molecule has 0 saturated carbocycles. The van der Waals surface area contributed by atoms with Crippen LogP contribution in [0.25, 0.3) is 0 Å². The lowest BCUT2D eigenvalue weighted by molar-refractivity contribution is -0.140.